The number of carboxylic acids is 1. The number of hydrogen-bond acceptors (Lipinski definition) is 2. The molecule has 1 unspecified atom stereocenters. The van der Waals surface area contributed by atoms with Gasteiger partial charge in [0.2, 0.25) is 5.91 Å². The van der Waals surface area contributed by atoms with E-state index in [1.165, 1.54) is 0 Å². The summed E-state index contributed by atoms with van der Waals surface area (Å²) >= 11 is 0. The molecule has 0 saturated heterocycles. The van der Waals surface area contributed by atoms with Gasteiger partial charge in [-0.2, -0.15) is 0 Å². The molecule has 4 heteroatoms. The zero-order valence-corrected chi connectivity index (χ0v) is 13.1. The average Bonchev–Trinajstić information content (AvgIpc) is 2.82. The third kappa shape index (κ3) is 5.14. The van der Waals surface area contributed by atoms with Gasteiger partial charge in [-0.05, 0) is 37.5 Å². The summed E-state index contributed by atoms with van der Waals surface area (Å²) in [4.78, 5) is 23.1. The molecule has 20 heavy (non-hydrogen) atoms. The van der Waals surface area contributed by atoms with Crippen LogP contribution in [0, 0.1) is 17.3 Å². The number of nitrogens with one attached hydrogen (secondary N) is 1. The Morgan fingerprint density at radius 2 is 1.80 bits per heavy atom. The lowest BCUT2D eigenvalue weighted by Gasteiger charge is -2.30. The lowest BCUT2D eigenvalue weighted by atomic mass is 9.77. The van der Waals surface area contributed by atoms with Gasteiger partial charge in [0, 0.05) is 18.4 Å². The average molecular weight is 283 g/mol. The highest BCUT2D eigenvalue weighted by atomic mass is 16.4. The Balaban J connectivity index is 2.44. The van der Waals surface area contributed by atoms with Gasteiger partial charge in [0.1, 0.15) is 0 Å². The molecule has 0 aromatic carbocycles. The predicted molar refractivity (Wildman–Crippen MR) is 79.4 cm³/mol. The Bertz CT molecular complexity index is 333. The van der Waals surface area contributed by atoms with E-state index < -0.39 is 5.97 Å². The molecule has 0 radical (unpaired) electrons. The zero-order valence-electron chi connectivity index (χ0n) is 13.1. The van der Waals surface area contributed by atoms with E-state index in [1.807, 2.05) is 6.92 Å². The monoisotopic (exact) mass is 283 g/mol. The van der Waals surface area contributed by atoms with Crippen molar-refractivity contribution in [3.05, 3.63) is 0 Å². The van der Waals surface area contributed by atoms with Crippen molar-refractivity contribution in [2.45, 2.75) is 65.7 Å². The number of carbonyl (C=O) groups excluding carboxylic acids is 1. The van der Waals surface area contributed by atoms with Crippen molar-refractivity contribution in [1.82, 2.24) is 5.32 Å². The second-order valence-electron chi connectivity index (χ2n) is 6.83. The van der Waals surface area contributed by atoms with Crippen molar-refractivity contribution in [2.75, 3.05) is 6.54 Å². The van der Waals surface area contributed by atoms with Gasteiger partial charge in [-0.1, -0.05) is 33.6 Å². The summed E-state index contributed by atoms with van der Waals surface area (Å²) in [5.74, 6) is 0.164. The maximum atomic E-state index is 12.5. The summed E-state index contributed by atoms with van der Waals surface area (Å²) in [6.07, 6.45) is 6.05. The van der Waals surface area contributed by atoms with E-state index in [4.69, 9.17) is 5.11 Å². The van der Waals surface area contributed by atoms with Crippen molar-refractivity contribution in [2.24, 2.45) is 17.3 Å². The minimum Gasteiger partial charge on any atom is -0.481 e. The summed E-state index contributed by atoms with van der Waals surface area (Å²) in [6, 6.07) is 0. The standard InChI is InChI=1S/C16H29NO3/c1-12(2)10-16(8-4-5-9-16)15(20)17-11-13(3)6-7-14(18)19/h12-13H,4-11H2,1-3H3,(H,17,20)(H,18,19). The SMILES string of the molecule is CC(C)CC1(C(=O)NCC(C)CCC(=O)O)CCCC1. The van der Waals surface area contributed by atoms with Crippen LogP contribution in [0.1, 0.15) is 65.7 Å². The van der Waals surface area contributed by atoms with Crippen LogP contribution in [0.4, 0.5) is 0 Å². The molecule has 0 aromatic rings. The van der Waals surface area contributed by atoms with Crippen molar-refractivity contribution in [3.63, 3.8) is 0 Å². The first-order chi connectivity index (χ1) is 9.35. The van der Waals surface area contributed by atoms with E-state index >= 15 is 0 Å². The quantitative estimate of drug-likeness (QED) is 0.719. The van der Waals surface area contributed by atoms with Crippen LogP contribution in [0.25, 0.3) is 0 Å². The van der Waals surface area contributed by atoms with Crippen LogP contribution in [0.2, 0.25) is 0 Å². The molecule has 116 valence electrons. The van der Waals surface area contributed by atoms with E-state index in [0.717, 1.165) is 32.1 Å². The summed E-state index contributed by atoms with van der Waals surface area (Å²) in [6.45, 7) is 6.92. The number of hydrogen-bond donors (Lipinski definition) is 2. The predicted octanol–water partition coefficient (Wildman–Crippen LogP) is 3.21. The van der Waals surface area contributed by atoms with Gasteiger partial charge in [-0.3, -0.25) is 9.59 Å². The molecule has 1 atom stereocenters. The lowest BCUT2D eigenvalue weighted by Crippen LogP contribution is -2.41. The molecule has 1 aliphatic carbocycles. The highest BCUT2D eigenvalue weighted by Crippen LogP contribution is 2.43. The molecule has 1 fully saturated rings. The van der Waals surface area contributed by atoms with Gasteiger partial charge in [0.05, 0.1) is 0 Å². The molecule has 0 spiro atoms. The minimum atomic E-state index is -0.768. The fourth-order valence-corrected chi connectivity index (χ4v) is 3.28. The van der Waals surface area contributed by atoms with E-state index in [0.29, 0.717) is 18.9 Å². The van der Waals surface area contributed by atoms with E-state index in [2.05, 4.69) is 19.2 Å². The van der Waals surface area contributed by atoms with Crippen molar-refractivity contribution < 1.29 is 14.7 Å². The van der Waals surface area contributed by atoms with Crippen molar-refractivity contribution >= 4 is 11.9 Å². The largest absolute Gasteiger partial charge is 0.481 e. The summed E-state index contributed by atoms with van der Waals surface area (Å²) in [5.41, 5.74) is -0.166. The highest BCUT2D eigenvalue weighted by Gasteiger charge is 2.41. The number of amides is 1. The first-order valence-corrected chi connectivity index (χ1v) is 7.86. The first kappa shape index (κ1) is 17.0. The first-order valence-electron chi connectivity index (χ1n) is 7.86. The number of carboxylic acid groups (broad SMARTS) is 1. The van der Waals surface area contributed by atoms with Gasteiger partial charge in [0.15, 0.2) is 0 Å². The molecule has 0 aliphatic heterocycles. The molecule has 1 aliphatic rings. The maximum Gasteiger partial charge on any atom is 0.303 e. The van der Waals surface area contributed by atoms with Crippen molar-refractivity contribution in [1.29, 1.82) is 0 Å². The zero-order chi connectivity index (χ0) is 15.2. The second kappa shape index (κ2) is 7.65. The Labute approximate surface area is 122 Å². The van der Waals surface area contributed by atoms with Gasteiger partial charge in [0.25, 0.3) is 0 Å². The smallest absolute Gasteiger partial charge is 0.303 e. The maximum absolute atomic E-state index is 12.5. The van der Waals surface area contributed by atoms with Crippen LogP contribution in [-0.2, 0) is 9.59 Å². The normalized spacial score (nSPS) is 19.0. The molecule has 1 rings (SSSR count). The summed E-state index contributed by atoms with van der Waals surface area (Å²) in [7, 11) is 0. The van der Waals surface area contributed by atoms with Crippen LogP contribution in [0.5, 0.6) is 0 Å². The third-order valence-electron chi connectivity index (χ3n) is 4.30. The molecule has 2 N–H and O–H groups in total. The lowest BCUT2D eigenvalue weighted by molar-refractivity contribution is -0.137. The summed E-state index contributed by atoms with van der Waals surface area (Å²) < 4.78 is 0. The fraction of sp³-hybridized carbons (Fsp3) is 0.875. The molecule has 4 nitrogen and oxygen atoms in total. The number of rotatable bonds is 8. The van der Waals surface area contributed by atoms with Gasteiger partial charge >= 0.3 is 5.97 Å². The van der Waals surface area contributed by atoms with E-state index in [9.17, 15) is 9.59 Å². The van der Waals surface area contributed by atoms with E-state index in [-0.39, 0.29) is 23.7 Å². The van der Waals surface area contributed by atoms with Gasteiger partial charge < -0.3 is 10.4 Å². The summed E-state index contributed by atoms with van der Waals surface area (Å²) in [5, 5.41) is 11.7. The fourth-order valence-electron chi connectivity index (χ4n) is 3.28. The molecule has 0 heterocycles. The Hall–Kier alpha value is -1.06. The molecular formula is C16H29NO3. The molecule has 0 bridgehead atoms. The van der Waals surface area contributed by atoms with E-state index in [1.54, 1.807) is 0 Å². The van der Waals surface area contributed by atoms with Crippen LogP contribution in [0.3, 0.4) is 0 Å². The molecule has 1 saturated carbocycles. The Kier molecular flexibility index (Phi) is 6.50. The van der Waals surface area contributed by atoms with Crippen LogP contribution in [-0.4, -0.2) is 23.5 Å². The van der Waals surface area contributed by atoms with Gasteiger partial charge in [-0.25, -0.2) is 0 Å². The Morgan fingerprint density at radius 1 is 1.20 bits per heavy atom. The molecule has 0 aromatic heterocycles. The highest BCUT2D eigenvalue weighted by molar-refractivity contribution is 5.82. The van der Waals surface area contributed by atoms with Crippen LogP contribution < -0.4 is 5.32 Å². The molecule has 1 amide bonds. The second-order valence-corrected chi connectivity index (χ2v) is 6.83. The molecular weight excluding hydrogens is 254 g/mol. The minimum absolute atomic E-state index is 0.166. The van der Waals surface area contributed by atoms with Crippen molar-refractivity contribution in [3.8, 4) is 0 Å². The number of carbonyl (C=O) groups is 2. The van der Waals surface area contributed by atoms with Crippen LogP contribution in [0.15, 0.2) is 0 Å². The topological polar surface area (TPSA) is 66.4 Å². The van der Waals surface area contributed by atoms with Crippen LogP contribution >= 0.6 is 0 Å². The number of aliphatic carboxylic acids is 1. The Morgan fingerprint density at radius 3 is 2.30 bits per heavy atom. The van der Waals surface area contributed by atoms with Gasteiger partial charge in [-0.15, -0.1) is 0 Å². The third-order valence-corrected chi connectivity index (χ3v) is 4.30.